The fourth-order valence-corrected chi connectivity index (χ4v) is 3.22. The van der Waals surface area contributed by atoms with Crippen molar-refractivity contribution in [2.75, 3.05) is 24.5 Å². The SMILES string of the molecule is NC(=O)CN1C2CCC1CN(c1ncc(C(F)(F)F)cn1)C2. The van der Waals surface area contributed by atoms with Gasteiger partial charge in [-0.15, -0.1) is 0 Å². The fourth-order valence-electron chi connectivity index (χ4n) is 3.22. The summed E-state index contributed by atoms with van der Waals surface area (Å²) < 4.78 is 37.6. The Bertz CT molecular complexity index is 548. The molecule has 0 aliphatic carbocycles. The molecular weight excluding hydrogens is 299 g/mol. The van der Waals surface area contributed by atoms with Gasteiger partial charge in [-0.3, -0.25) is 9.69 Å². The third-order valence-electron chi connectivity index (χ3n) is 4.22. The molecule has 0 spiro atoms. The van der Waals surface area contributed by atoms with Crippen molar-refractivity contribution < 1.29 is 18.0 Å². The summed E-state index contributed by atoms with van der Waals surface area (Å²) in [4.78, 5) is 22.7. The van der Waals surface area contributed by atoms with Gasteiger partial charge < -0.3 is 10.6 Å². The molecule has 120 valence electrons. The van der Waals surface area contributed by atoms with Crippen molar-refractivity contribution in [3.05, 3.63) is 18.0 Å². The predicted molar refractivity (Wildman–Crippen MR) is 72.0 cm³/mol. The molecule has 6 nitrogen and oxygen atoms in total. The normalized spacial score (nSPS) is 25.5. The number of alkyl halides is 3. The number of halogens is 3. The average Bonchev–Trinajstić information content (AvgIpc) is 2.69. The molecule has 1 aromatic heterocycles. The summed E-state index contributed by atoms with van der Waals surface area (Å²) in [7, 11) is 0. The zero-order chi connectivity index (χ0) is 15.9. The monoisotopic (exact) mass is 315 g/mol. The zero-order valence-corrected chi connectivity index (χ0v) is 11.8. The van der Waals surface area contributed by atoms with Crippen LogP contribution < -0.4 is 10.6 Å². The first-order chi connectivity index (χ1) is 10.3. The van der Waals surface area contributed by atoms with Crippen LogP contribution in [0.3, 0.4) is 0 Å². The van der Waals surface area contributed by atoms with Crippen LogP contribution in [0.5, 0.6) is 0 Å². The molecule has 1 aromatic rings. The van der Waals surface area contributed by atoms with Crippen LogP contribution in [0.25, 0.3) is 0 Å². The molecule has 2 unspecified atom stereocenters. The smallest absolute Gasteiger partial charge is 0.369 e. The first kappa shape index (κ1) is 15.0. The topological polar surface area (TPSA) is 75.4 Å². The molecule has 0 saturated carbocycles. The minimum Gasteiger partial charge on any atom is -0.369 e. The van der Waals surface area contributed by atoms with Crippen molar-refractivity contribution >= 4 is 11.9 Å². The standard InChI is InChI=1S/C13H16F3N5O/c14-13(15,16)8-3-18-12(19-4-8)20-5-9-1-2-10(6-20)21(9)7-11(17)22/h3-4,9-10H,1-2,5-7H2,(H2,17,22). The quantitative estimate of drug-likeness (QED) is 0.886. The number of nitrogens with two attached hydrogens (primary N) is 1. The van der Waals surface area contributed by atoms with Gasteiger partial charge in [0, 0.05) is 37.6 Å². The molecular formula is C13H16F3N5O. The lowest BCUT2D eigenvalue weighted by atomic mass is 10.2. The van der Waals surface area contributed by atoms with E-state index in [4.69, 9.17) is 5.73 Å². The molecule has 1 amide bonds. The summed E-state index contributed by atoms with van der Waals surface area (Å²) in [5.74, 6) is -0.0697. The van der Waals surface area contributed by atoms with Crippen LogP contribution in [-0.2, 0) is 11.0 Å². The second-order valence-corrected chi connectivity index (χ2v) is 5.70. The molecule has 2 aliphatic rings. The van der Waals surface area contributed by atoms with Crippen molar-refractivity contribution in [3.8, 4) is 0 Å². The van der Waals surface area contributed by atoms with E-state index in [0.717, 1.165) is 25.2 Å². The minimum absolute atomic E-state index is 0.164. The van der Waals surface area contributed by atoms with Gasteiger partial charge in [0.25, 0.3) is 0 Å². The number of piperazine rings is 1. The van der Waals surface area contributed by atoms with E-state index in [0.29, 0.717) is 19.0 Å². The van der Waals surface area contributed by atoms with E-state index >= 15 is 0 Å². The highest BCUT2D eigenvalue weighted by molar-refractivity contribution is 5.76. The summed E-state index contributed by atoms with van der Waals surface area (Å²) in [5, 5.41) is 0. The van der Waals surface area contributed by atoms with Gasteiger partial charge in [0.2, 0.25) is 11.9 Å². The van der Waals surface area contributed by atoms with Crippen molar-refractivity contribution in [1.29, 1.82) is 0 Å². The number of primary amides is 1. The van der Waals surface area contributed by atoms with E-state index in [9.17, 15) is 18.0 Å². The fraction of sp³-hybridized carbons (Fsp3) is 0.615. The number of rotatable bonds is 3. The van der Waals surface area contributed by atoms with E-state index in [1.807, 2.05) is 4.90 Å². The average molecular weight is 315 g/mol. The van der Waals surface area contributed by atoms with Crippen molar-refractivity contribution in [1.82, 2.24) is 14.9 Å². The Balaban J connectivity index is 1.72. The van der Waals surface area contributed by atoms with Crippen molar-refractivity contribution in [2.45, 2.75) is 31.1 Å². The Morgan fingerprint density at radius 2 is 1.77 bits per heavy atom. The Morgan fingerprint density at radius 3 is 2.23 bits per heavy atom. The highest BCUT2D eigenvalue weighted by Gasteiger charge is 2.41. The Morgan fingerprint density at radius 1 is 1.23 bits per heavy atom. The van der Waals surface area contributed by atoms with Crippen LogP contribution in [0.4, 0.5) is 19.1 Å². The molecule has 2 aliphatic heterocycles. The third kappa shape index (κ3) is 2.85. The molecule has 0 aromatic carbocycles. The molecule has 0 radical (unpaired) electrons. The van der Waals surface area contributed by atoms with E-state index in [2.05, 4.69) is 14.9 Å². The number of hydrogen-bond donors (Lipinski definition) is 1. The van der Waals surface area contributed by atoms with Gasteiger partial charge in [-0.1, -0.05) is 0 Å². The molecule has 2 atom stereocenters. The van der Waals surface area contributed by atoms with Crippen molar-refractivity contribution in [3.63, 3.8) is 0 Å². The van der Waals surface area contributed by atoms with Gasteiger partial charge in [0.05, 0.1) is 12.1 Å². The second kappa shape index (κ2) is 5.38. The third-order valence-corrected chi connectivity index (χ3v) is 4.22. The highest BCUT2D eigenvalue weighted by atomic mass is 19.4. The first-order valence-corrected chi connectivity index (χ1v) is 7.03. The largest absolute Gasteiger partial charge is 0.419 e. The van der Waals surface area contributed by atoms with E-state index in [1.54, 1.807) is 0 Å². The van der Waals surface area contributed by atoms with E-state index < -0.39 is 11.7 Å². The number of fused-ring (bicyclic) bond motifs is 2. The second-order valence-electron chi connectivity index (χ2n) is 5.70. The molecule has 2 N–H and O–H groups in total. The molecule has 2 fully saturated rings. The Kier molecular flexibility index (Phi) is 3.67. The molecule has 2 bridgehead atoms. The summed E-state index contributed by atoms with van der Waals surface area (Å²) >= 11 is 0. The van der Waals surface area contributed by atoms with Gasteiger partial charge in [-0.05, 0) is 12.8 Å². The Labute approximate surface area is 125 Å². The summed E-state index contributed by atoms with van der Waals surface area (Å²) in [6.07, 6.45) is -0.943. The lowest BCUT2D eigenvalue weighted by Crippen LogP contribution is -2.56. The van der Waals surface area contributed by atoms with Crippen LogP contribution in [0.15, 0.2) is 12.4 Å². The first-order valence-electron chi connectivity index (χ1n) is 7.03. The number of nitrogens with zero attached hydrogens (tertiary/aromatic N) is 4. The lowest BCUT2D eigenvalue weighted by Gasteiger charge is -2.40. The maximum atomic E-state index is 12.5. The lowest BCUT2D eigenvalue weighted by molar-refractivity contribution is -0.138. The Hall–Kier alpha value is -1.90. The summed E-state index contributed by atoms with van der Waals surface area (Å²) in [5.41, 5.74) is 4.40. The minimum atomic E-state index is -4.43. The maximum absolute atomic E-state index is 12.5. The number of amides is 1. The van der Waals surface area contributed by atoms with Gasteiger partial charge in [-0.25, -0.2) is 9.97 Å². The molecule has 2 saturated heterocycles. The van der Waals surface area contributed by atoms with Gasteiger partial charge in [0.1, 0.15) is 0 Å². The van der Waals surface area contributed by atoms with Crippen LogP contribution in [0.1, 0.15) is 18.4 Å². The van der Waals surface area contributed by atoms with Crippen LogP contribution in [-0.4, -0.2) is 52.5 Å². The number of carbonyl (C=O) groups is 1. The van der Waals surface area contributed by atoms with E-state index in [1.165, 1.54) is 0 Å². The predicted octanol–water partition coefficient (Wildman–Crippen LogP) is 0.634. The number of aromatic nitrogens is 2. The number of hydrogen-bond acceptors (Lipinski definition) is 5. The molecule has 22 heavy (non-hydrogen) atoms. The summed E-state index contributed by atoms with van der Waals surface area (Å²) in [6.45, 7) is 1.40. The van der Waals surface area contributed by atoms with Crippen LogP contribution in [0, 0.1) is 0 Å². The molecule has 3 rings (SSSR count). The highest BCUT2D eigenvalue weighted by Crippen LogP contribution is 2.32. The van der Waals surface area contributed by atoms with Gasteiger partial charge in [-0.2, -0.15) is 13.2 Å². The van der Waals surface area contributed by atoms with E-state index in [-0.39, 0.29) is 24.5 Å². The maximum Gasteiger partial charge on any atom is 0.419 e. The molecule has 3 heterocycles. The number of carbonyl (C=O) groups excluding carboxylic acids is 1. The van der Waals surface area contributed by atoms with Crippen LogP contribution in [0.2, 0.25) is 0 Å². The van der Waals surface area contributed by atoms with Crippen molar-refractivity contribution in [2.24, 2.45) is 5.73 Å². The van der Waals surface area contributed by atoms with Gasteiger partial charge in [0.15, 0.2) is 0 Å². The van der Waals surface area contributed by atoms with Crippen LogP contribution >= 0.6 is 0 Å². The zero-order valence-electron chi connectivity index (χ0n) is 11.8. The van der Waals surface area contributed by atoms with Gasteiger partial charge >= 0.3 is 6.18 Å². The molecule has 9 heteroatoms. The summed E-state index contributed by atoms with van der Waals surface area (Å²) in [6, 6.07) is 0.328. The number of anilines is 1.